The second-order valence-corrected chi connectivity index (χ2v) is 8.03. The Labute approximate surface area is 168 Å². The third kappa shape index (κ3) is 4.58. The molecule has 0 aliphatic heterocycles. The van der Waals surface area contributed by atoms with Gasteiger partial charge in [0.05, 0.1) is 5.52 Å². The number of unbranched alkanes of at least 4 members (excludes halogenated alkanes) is 1. The highest BCUT2D eigenvalue weighted by Crippen LogP contribution is 2.38. The Bertz CT molecular complexity index is 1010. The lowest BCUT2D eigenvalue weighted by molar-refractivity contribution is 0.232. The van der Waals surface area contributed by atoms with Gasteiger partial charge in [0.2, 0.25) is 0 Å². The van der Waals surface area contributed by atoms with Gasteiger partial charge in [0, 0.05) is 11.6 Å². The second-order valence-electron chi connectivity index (χ2n) is 8.03. The minimum atomic E-state index is -0.522. The molecule has 1 saturated carbocycles. The second kappa shape index (κ2) is 8.49. The summed E-state index contributed by atoms with van der Waals surface area (Å²) in [5.74, 6) is -1.48. The fourth-order valence-corrected chi connectivity index (χ4v) is 4.50. The van der Waals surface area contributed by atoms with Crippen molar-refractivity contribution in [2.75, 3.05) is 6.54 Å². The van der Waals surface area contributed by atoms with Crippen molar-refractivity contribution in [1.29, 1.82) is 0 Å². The van der Waals surface area contributed by atoms with Gasteiger partial charge >= 0.3 is 5.76 Å². The van der Waals surface area contributed by atoms with E-state index in [0.717, 1.165) is 56.7 Å². The van der Waals surface area contributed by atoms with Gasteiger partial charge in [-0.1, -0.05) is 25.3 Å². The summed E-state index contributed by atoms with van der Waals surface area (Å²) in [6, 6.07) is 9.66. The van der Waals surface area contributed by atoms with Crippen LogP contribution in [0.4, 0.5) is 8.78 Å². The number of H-pyrrole nitrogens is 1. The number of nitrogens with one attached hydrogen (secondary N) is 2. The number of benzene rings is 2. The molecule has 1 aliphatic rings. The molecule has 3 aromatic rings. The number of hydrogen-bond acceptors (Lipinski definition) is 3. The van der Waals surface area contributed by atoms with Gasteiger partial charge in [-0.3, -0.25) is 4.98 Å². The summed E-state index contributed by atoms with van der Waals surface area (Å²) in [6.45, 7) is 0.826. The molecule has 2 N–H and O–H groups in total. The molecular formula is C23H26F2N2O2. The van der Waals surface area contributed by atoms with Crippen LogP contribution in [-0.4, -0.2) is 11.5 Å². The first kappa shape index (κ1) is 19.8. The van der Waals surface area contributed by atoms with Crippen molar-refractivity contribution in [3.63, 3.8) is 0 Å². The first-order valence-corrected chi connectivity index (χ1v) is 10.4. The number of aryl methyl sites for hydroxylation is 1. The number of rotatable bonds is 7. The van der Waals surface area contributed by atoms with E-state index < -0.39 is 17.4 Å². The maximum Gasteiger partial charge on any atom is 0.417 e. The minimum Gasteiger partial charge on any atom is -0.408 e. The van der Waals surface area contributed by atoms with E-state index in [2.05, 4.69) is 16.4 Å². The van der Waals surface area contributed by atoms with Gasteiger partial charge in [-0.15, -0.1) is 0 Å². The fourth-order valence-electron chi connectivity index (χ4n) is 4.50. The highest BCUT2D eigenvalue weighted by atomic mass is 19.1. The first-order chi connectivity index (χ1) is 14.0. The van der Waals surface area contributed by atoms with Crippen LogP contribution in [0.1, 0.15) is 56.1 Å². The van der Waals surface area contributed by atoms with Gasteiger partial charge in [0.15, 0.2) is 5.58 Å². The fraction of sp³-hybridized carbons (Fsp3) is 0.435. The number of aromatic nitrogens is 1. The van der Waals surface area contributed by atoms with E-state index in [1.165, 1.54) is 18.6 Å². The molecule has 0 unspecified atom stereocenters. The molecule has 6 heteroatoms. The molecule has 0 atom stereocenters. The minimum absolute atomic E-state index is 0.118. The molecule has 0 spiro atoms. The maximum absolute atomic E-state index is 13.3. The van der Waals surface area contributed by atoms with E-state index in [0.29, 0.717) is 23.1 Å². The standard InChI is InChI=1S/C23H26F2N2O2/c24-18-12-16(13-19(25)15-18)6-2-5-11-26-23(9-3-1-4-10-23)17-7-8-20-21(14-17)29-22(28)27-20/h7-8,12-15,26H,1-6,9-11H2,(H,27,28). The van der Waals surface area contributed by atoms with Crippen LogP contribution >= 0.6 is 0 Å². The van der Waals surface area contributed by atoms with Crippen LogP contribution in [0.3, 0.4) is 0 Å². The van der Waals surface area contributed by atoms with Crippen molar-refractivity contribution >= 4 is 11.1 Å². The van der Waals surface area contributed by atoms with E-state index in [4.69, 9.17) is 4.42 Å². The van der Waals surface area contributed by atoms with E-state index in [1.54, 1.807) is 0 Å². The Hall–Kier alpha value is -2.47. The molecule has 0 saturated heterocycles. The molecule has 1 fully saturated rings. The van der Waals surface area contributed by atoms with Gasteiger partial charge in [0.1, 0.15) is 11.6 Å². The lowest BCUT2D eigenvalue weighted by atomic mass is 9.76. The van der Waals surface area contributed by atoms with E-state index in [9.17, 15) is 13.6 Å². The van der Waals surface area contributed by atoms with Gasteiger partial charge in [-0.05, 0) is 74.0 Å². The number of halogens is 2. The highest BCUT2D eigenvalue weighted by molar-refractivity contribution is 5.73. The zero-order valence-corrected chi connectivity index (χ0v) is 16.4. The first-order valence-electron chi connectivity index (χ1n) is 10.4. The Balaban J connectivity index is 1.40. The SMILES string of the molecule is O=c1[nH]c2ccc(C3(NCCCCc4cc(F)cc(F)c4)CCCCC3)cc2o1. The Morgan fingerprint density at radius 2 is 1.76 bits per heavy atom. The van der Waals surface area contributed by atoms with Crippen LogP contribution in [0, 0.1) is 11.6 Å². The van der Waals surface area contributed by atoms with E-state index in [-0.39, 0.29) is 5.54 Å². The topological polar surface area (TPSA) is 58.0 Å². The molecule has 0 bridgehead atoms. The van der Waals surface area contributed by atoms with Crippen molar-refractivity contribution in [3.05, 3.63) is 69.7 Å². The quantitative estimate of drug-likeness (QED) is 0.538. The van der Waals surface area contributed by atoms with Crippen LogP contribution in [-0.2, 0) is 12.0 Å². The average molecular weight is 400 g/mol. The molecule has 154 valence electrons. The number of fused-ring (bicyclic) bond motifs is 1. The van der Waals surface area contributed by atoms with Gasteiger partial charge < -0.3 is 9.73 Å². The summed E-state index contributed by atoms with van der Waals surface area (Å²) in [5.41, 5.74) is 3.04. The van der Waals surface area contributed by atoms with Crippen LogP contribution < -0.4 is 11.1 Å². The van der Waals surface area contributed by atoms with E-state index in [1.807, 2.05) is 12.1 Å². The van der Waals surface area contributed by atoms with Crippen LogP contribution in [0.2, 0.25) is 0 Å². The van der Waals surface area contributed by atoms with E-state index >= 15 is 0 Å². The lowest BCUT2D eigenvalue weighted by Gasteiger charge is -2.39. The molecule has 4 nitrogen and oxygen atoms in total. The summed E-state index contributed by atoms with van der Waals surface area (Å²) in [7, 11) is 0. The summed E-state index contributed by atoms with van der Waals surface area (Å²) in [6.07, 6.45) is 8.07. The molecule has 4 rings (SSSR count). The largest absolute Gasteiger partial charge is 0.417 e. The maximum atomic E-state index is 13.3. The summed E-state index contributed by atoms with van der Waals surface area (Å²) < 4.78 is 31.9. The molecule has 2 aromatic carbocycles. The molecular weight excluding hydrogens is 374 g/mol. The van der Waals surface area contributed by atoms with Crippen LogP contribution in [0.25, 0.3) is 11.1 Å². The van der Waals surface area contributed by atoms with Crippen LogP contribution in [0.15, 0.2) is 45.6 Å². The van der Waals surface area contributed by atoms with Crippen molar-refractivity contribution in [3.8, 4) is 0 Å². The monoisotopic (exact) mass is 400 g/mol. The van der Waals surface area contributed by atoms with Crippen molar-refractivity contribution < 1.29 is 13.2 Å². The van der Waals surface area contributed by atoms with Gasteiger partial charge in [0.25, 0.3) is 0 Å². The normalized spacial score (nSPS) is 16.3. The Kier molecular flexibility index (Phi) is 5.81. The highest BCUT2D eigenvalue weighted by Gasteiger charge is 2.33. The van der Waals surface area contributed by atoms with Crippen molar-refractivity contribution in [1.82, 2.24) is 10.3 Å². The Morgan fingerprint density at radius 3 is 2.52 bits per heavy atom. The zero-order chi connectivity index (χ0) is 20.3. The molecule has 0 radical (unpaired) electrons. The molecule has 0 amide bonds. The molecule has 1 aromatic heterocycles. The third-order valence-corrected chi connectivity index (χ3v) is 5.96. The van der Waals surface area contributed by atoms with Crippen molar-refractivity contribution in [2.45, 2.75) is 56.9 Å². The summed E-state index contributed by atoms with van der Waals surface area (Å²) in [4.78, 5) is 14.2. The molecule has 1 heterocycles. The molecule has 29 heavy (non-hydrogen) atoms. The number of hydrogen-bond donors (Lipinski definition) is 2. The number of oxazole rings is 1. The lowest BCUT2D eigenvalue weighted by Crippen LogP contribution is -2.44. The Morgan fingerprint density at radius 1 is 1.00 bits per heavy atom. The molecule has 1 aliphatic carbocycles. The van der Waals surface area contributed by atoms with Gasteiger partial charge in [-0.2, -0.15) is 0 Å². The average Bonchev–Trinajstić information content (AvgIpc) is 3.07. The summed E-state index contributed by atoms with van der Waals surface area (Å²) >= 11 is 0. The number of aromatic amines is 1. The zero-order valence-electron chi connectivity index (χ0n) is 16.4. The third-order valence-electron chi connectivity index (χ3n) is 5.96. The van der Waals surface area contributed by atoms with Crippen LogP contribution in [0.5, 0.6) is 0 Å². The predicted octanol–water partition coefficient (Wildman–Crippen LogP) is 5.17. The smallest absolute Gasteiger partial charge is 0.408 e. The summed E-state index contributed by atoms with van der Waals surface area (Å²) in [5, 5.41) is 3.75. The van der Waals surface area contributed by atoms with Crippen molar-refractivity contribution in [2.24, 2.45) is 0 Å². The predicted molar refractivity (Wildman–Crippen MR) is 109 cm³/mol. The van der Waals surface area contributed by atoms with Gasteiger partial charge in [-0.25, -0.2) is 13.6 Å².